The molecule has 8 rings (SSSR count). The first kappa shape index (κ1) is 27.5. The van der Waals surface area contributed by atoms with Crippen molar-refractivity contribution in [3.05, 3.63) is 151 Å². The lowest BCUT2D eigenvalue weighted by molar-refractivity contribution is 1.18. The third-order valence-electron chi connectivity index (χ3n) is 8.37. The Morgan fingerprint density at radius 2 is 1.13 bits per heavy atom. The van der Waals surface area contributed by atoms with Crippen molar-refractivity contribution in [3.63, 3.8) is 0 Å². The Labute approximate surface area is 267 Å². The van der Waals surface area contributed by atoms with Crippen molar-refractivity contribution >= 4 is 21.8 Å². The first-order valence-electron chi connectivity index (χ1n) is 15.3. The second-order valence-corrected chi connectivity index (χ2v) is 11.5. The molecule has 0 fully saturated rings. The number of rotatable bonds is 5. The molecule has 4 heterocycles. The maximum absolute atomic E-state index is 5.15. The minimum atomic E-state index is 0.674. The molecule has 0 saturated carbocycles. The summed E-state index contributed by atoms with van der Waals surface area (Å²) >= 11 is 0. The Kier molecular flexibility index (Phi) is 6.84. The average Bonchev–Trinajstić information content (AvgIpc) is 3.12. The highest BCUT2D eigenvalue weighted by atomic mass is 14.9. The molecule has 0 atom stereocenters. The molecule has 0 N–H and O–H groups in total. The van der Waals surface area contributed by atoms with Crippen LogP contribution in [0.25, 0.3) is 78.1 Å². The van der Waals surface area contributed by atoms with E-state index >= 15 is 0 Å². The van der Waals surface area contributed by atoms with Gasteiger partial charge in [-0.1, -0.05) is 91.0 Å². The van der Waals surface area contributed by atoms with Gasteiger partial charge in [-0.2, -0.15) is 0 Å². The zero-order valence-electron chi connectivity index (χ0n) is 25.5. The van der Waals surface area contributed by atoms with Gasteiger partial charge in [0.2, 0.25) is 0 Å². The normalized spacial score (nSPS) is 11.3. The van der Waals surface area contributed by atoms with Gasteiger partial charge in [-0.15, -0.1) is 0 Å². The molecular weight excluding hydrogens is 562 g/mol. The van der Waals surface area contributed by atoms with E-state index in [1.165, 1.54) is 5.56 Å². The number of aryl methyl sites for hydroxylation is 2. The summed E-state index contributed by atoms with van der Waals surface area (Å²) in [4.78, 5) is 24.2. The summed E-state index contributed by atoms with van der Waals surface area (Å²) in [6.45, 7) is 4.17. The van der Waals surface area contributed by atoms with Crippen LogP contribution < -0.4 is 0 Å². The van der Waals surface area contributed by atoms with Crippen molar-refractivity contribution in [2.75, 3.05) is 0 Å². The van der Waals surface area contributed by atoms with E-state index in [-0.39, 0.29) is 0 Å². The molecule has 4 aromatic heterocycles. The van der Waals surface area contributed by atoms with Crippen LogP contribution >= 0.6 is 0 Å². The molecular formula is C41H29N5. The largest absolute Gasteiger partial charge is 0.264 e. The number of hydrogen-bond acceptors (Lipinski definition) is 5. The van der Waals surface area contributed by atoms with Crippen molar-refractivity contribution in [2.45, 2.75) is 13.8 Å². The fraction of sp³-hybridized carbons (Fsp3) is 0.0488. The number of hydrogen-bond donors (Lipinski definition) is 0. The van der Waals surface area contributed by atoms with Crippen LogP contribution in [0, 0.1) is 13.8 Å². The van der Waals surface area contributed by atoms with E-state index in [2.05, 4.69) is 96.8 Å². The summed E-state index contributed by atoms with van der Waals surface area (Å²) in [7, 11) is 0. The quantitative estimate of drug-likeness (QED) is 0.186. The monoisotopic (exact) mass is 591 g/mol. The Bertz CT molecular complexity index is 2310. The van der Waals surface area contributed by atoms with Crippen molar-refractivity contribution in [1.29, 1.82) is 0 Å². The summed E-state index contributed by atoms with van der Waals surface area (Å²) in [5.74, 6) is 0.674. The summed E-state index contributed by atoms with van der Waals surface area (Å²) in [5.41, 5.74) is 12.9. The van der Waals surface area contributed by atoms with Crippen molar-refractivity contribution in [1.82, 2.24) is 24.9 Å². The van der Waals surface area contributed by atoms with Gasteiger partial charge in [-0.25, -0.2) is 15.0 Å². The lowest BCUT2D eigenvalue weighted by Gasteiger charge is -2.11. The van der Waals surface area contributed by atoms with Crippen LogP contribution in [0.2, 0.25) is 0 Å². The van der Waals surface area contributed by atoms with Crippen molar-refractivity contribution < 1.29 is 0 Å². The molecule has 0 radical (unpaired) electrons. The molecule has 0 aliphatic heterocycles. The first-order chi connectivity index (χ1) is 22.6. The van der Waals surface area contributed by atoms with Crippen LogP contribution in [0.5, 0.6) is 0 Å². The summed E-state index contributed by atoms with van der Waals surface area (Å²) in [5, 5.41) is 2.23. The molecule has 4 aromatic carbocycles. The molecule has 8 aromatic rings. The molecule has 0 spiro atoms. The van der Waals surface area contributed by atoms with Gasteiger partial charge in [0, 0.05) is 51.1 Å². The van der Waals surface area contributed by atoms with E-state index in [4.69, 9.17) is 19.9 Å². The molecule has 5 heteroatoms. The van der Waals surface area contributed by atoms with Gasteiger partial charge < -0.3 is 0 Å². The smallest absolute Gasteiger partial charge is 0.160 e. The fourth-order valence-electron chi connectivity index (χ4n) is 5.95. The minimum absolute atomic E-state index is 0.674. The van der Waals surface area contributed by atoms with Crippen LogP contribution in [0.3, 0.4) is 0 Å². The molecule has 218 valence electrons. The number of pyridine rings is 3. The van der Waals surface area contributed by atoms with Crippen molar-refractivity contribution in [3.8, 4) is 56.3 Å². The van der Waals surface area contributed by atoms with E-state index in [1.807, 2.05) is 55.6 Å². The Hall–Kier alpha value is -6.07. The molecule has 0 saturated heterocycles. The van der Waals surface area contributed by atoms with Gasteiger partial charge in [0.1, 0.15) is 0 Å². The topological polar surface area (TPSA) is 64.5 Å². The zero-order valence-corrected chi connectivity index (χ0v) is 25.5. The molecule has 0 amide bonds. The van der Waals surface area contributed by atoms with Gasteiger partial charge in [0.25, 0.3) is 0 Å². The summed E-state index contributed by atoms with van der Waals surface area (Å²) in [6.07, 6.45) is 3.61. The number of aromatic nitrogens is 5. The third kappa shape index (κ3) is 5.18. The van der Waals surface area contributed by atoms with Crippen LogP contribution in [-0.4, -0.2) is 24.9 Å². The maximum atomic E-state index is 5.15. The molecule has 46 heavy (non-hydrogen) atoms. The standard InChI is InChI=1S/C41H29N5/c1-26-22-36(44-40-35(26)20-19-30-14-13-27(2)43-39(30)40)33-11-6-10-32(23-33)28-15-17-31(18-16-28)41-45-37(29-8-4-3-5-9-29)24-38(46-41)34-12-7-21-42-25-34/h3-25H,1-2H3. The van der Waals surface area contributed by atoms with Gasteiger partial charge in [-0.05, 0) is 66.9 Å². The Balaban J connectivity index is 1.17. The Morgan fingerprint density at radius 1 is 0.435 bits per heavy atom. The zero-order chi connectivity index (χ0) is 31.0. The average molecular weight is 592 g/mol. The van der Waals surface area contributed by atoms with Gasteiger partial charge in [0.05, 0.1) is 28.1 Å². The first-order valence-corrected chi connectivity index (χ1v) is 15.3. The molecule has 0 aliphatic rings. The maximum Gasteiger partial charge on any atom is 0.160 e. The molecule has 5 nitrogen and oxygen atoms in total. The van der Waals surface area contributed by atoms with E-state index in [0.29, 0.717) is 5.82 Å². The Morgan fingerprint density at radius 3 is 1.93 bits per heavy atom. The highest BCUT2D eigenvalue weighted by Gasteiger charge is 2.13. The van der Waals surface area contributed by atoms with Crippen molar-refractivity contribution in [2.24, 2.45) is 0 Å². The second kappa shape index (κ2) is 11.5. The van der Waals surface area contributed by atoms with E-state index in [1.54, 1.807) is 6.20 Å². The second-order valence-electron chi connectivity index (χ2n) is 11.5. The lowest BCUT2D eigenvalue weighted by Crippen LogP contribution is -1.96. The molecule has 0 bridgehead atoms. The third-order valence-corrected chi connectivity index (χ3v) is 8.37. The lowest BCUT2D eigenvalue weighted by atomic mass is 9.98. The predicted octanol–water partition coefficient (Wildman–Crippen LogP) is 9.92. The number of nitrogens with zero attached hydrogens (tertiary/aromatic N) is 5. The predicted molar refractivity (Wildman–Crippen MR) is 187 cm³/mol. The summed E-state index contributed by atoms with van der Waals surface area (Å²) < 4.78 is 0. The van der Waals surface area contributed by atoms with E-state index in [0.717, 1.165) is 78.0 Å². The SMILES string of the molecule is Cc1ccc2ccc3c(C)cc(-c4cccc(-c5ccc(-c6nc(-c7ccccc7)cc(-c7cccnc7)n6)cc5)c4)nc3c2n1. The van der Waals surface area contributed by atoms with Crippen LogP contribution in [0.1, 0.15) is 11.3 Å². The van der Waals surface area contributed by atoms with Crippen LogP contribution in [-0.2, 0) is 0 Å². The number of fused-ring (bicyclic) bond motifs is 3. The summed E-state index contributed by atoms with van der Waals surface area (Å²) in [6, 6.07) is 43.8. The van der Waals surface area contributed by atoms with E-state index in [9.17, 15) is 0 Å². The highest BCUT2D eigenvalue weighted by Crippen LogP contribution is 2.33. The molecule has 0 aliphatic carbocycles. The van der Waals surface area contributed by atoms with Gasteiger partial charge in [0.15, 0.2) is 5.82 Å². The van der Waals surface area contributed by atoms with Gasteiger partial charge >= 0.3 is 0 Å². The highest BCUT2D eigenvalue weighted by molar-refractivity contribution is 6.04. The number of benzene rings is 4. The minimum Gasteiger partial charge on any atom is -0.264 e. The fourth-order valence-corrected chi connectivity index (χ4v) is 5.95. The van der Waals surface area contributed by atoms with Crippen LogP contribution in [0.15, 0.2) is 140 Å². The molecule has 0 unspecified atom stereocenters. The van der Waals surface area contributed by atoms with Gasteiger partial charge in [-0.3, -0.25) is 9.97 Å². The van der Waals surface area contributed by atoms with Crippen LogP contribution in [0.4, 0.5) is 0 Å². The van der Waals surface area contributed by atoms with E-state index < -0.39 is 0 Å².